The van der Waals surface area contributed by atoms with Gasteiger partial charge in [0.05, 0.1) is 15.8 Å². The molecule has 0 unspecified atom stereocenters. The molecular formula is C26H20BFN4O3S. The molecule has 1 atom stereocenters. The van der Waals surface area contributed by atoms with E-state index in [0.717, 1.165) is 30.7 Å². The van der Waals surface area contributed by atoms with Crippen LogP contribution in [0.1, 0.15) is 5.56 Å². The molecular weight excluding hydrogens is 478 g/mol. The van der Waals surface area contributed by atoms with Gasteiger partial charge in [-0.2, -0.15) is 4.61 Å². The number of hydrogen-bond acceptors (Lipinski definition) is 4. The van der Waals surface area contributed by atoms with Crippen LogP contribution in [0.3, 0.4) is 0 Å². The summed E-state index contributed by atoms with van der Waals surface area (Å²) in [5.41, 5.74) is 2.39. The van der Waals surface area contributed by atoms with Crippen molar-refractivity contribution in [1.82, 2.24) is 4.57 Å². The SMILES string of the molecule is Cc1ccc(S(=O)(=O)N2c3c(c4ccccc4n3C)N=[N+]3c4c(ccc5ccccc45)O[B@@-]23F)cc1. The van der Waals surface area contributed by atoms with E-state index in [1.165, 1.54) is 12.1 Å². The number of hydrogen-bond donors (Lipinski definition) is 0. The summed E-state index contributed by atoms with van der Waals surface area (Å²) >= 11 is 0. The minimum atomic E-state index is -4.41. The Labute approximate surface area is 206 Å². The molecule has 178 valence electrons. The molecule has 3 heterocycles. The maximum Gasteiger partial charge on any atom is 0.794 e. The van der Waals surface area contributed by atoms with Crippen molar-refractivity contribution in [1.29, 1.82) is 0 Å². The van der Waals surface area contributed by atoms with Crippen molar-refractivity contribution in [2.75, 3.05) is 4.22 Å². The smallest absolute Gasteiger partial charge is 0.603 e. The fraction of sp³-hybridized carbons (Fsp3) is 0.0769. The second-order valence-electron chi connectivity index (χ2n) is 9.17. The van der Waals surface area contributed by atoms with E-state index >= 15 is 4.32 Å². The lowest BCUT2D eigenvalue weighted by Crippen LogP contribution is -2.63. The van der Waals surface area contributed by atoms with Crippen molar-refractivity contribution < 1.29 is 22.0 Å². The predicted molar refractivity (Wildman–Crippen MR) is 137 cm³/mol. The summed E-state index contributed by atoms with van der Waals surface area (Å²) in [5, 5.41) is 7.03. The molecule has 1 aromatic heterocycles. The molecule has 10 heteroatoms. The van der Waals surface area contributed by atoms with Gasteiger partial charge in [0.2, 0.25) is 15.7 Å². The van der Waals surface area contributed by atoms with Crippen molar-refractivity contribution in [2.45, 2.75) is 11.8 Å². The summed E-state index contributed by atoms with van der Waals surface area (Å²) in [4.78, 5) is -0.0329. The minimum absolute atomic E-state index is 0.0329. The lowest BCUT2D eigenvalue weighted by molar-refractivity contribution is -0.391. The van der Waals surface area contributed by atoms with Crippen LogP contribution < -0.4 is 8.87 Å². The third-order valence-corrected chi connectivity index (χ3v) is 8.82. The predicted octanol–water partition coefficient (Wildman–Crippen LogP) is 6.07. The number of azo groups is 1. The third-order valence-electron chi connectivity index (χ3n) is 7.00. The Kier molecular flexibility index (Phi) is 4.08. The van der Waals surface area contributed by atoms with Gasteiger partial charge in [-0.15, -0.1) is 0 Å². The van der Waals surface area contributed by atoms with Crippen molar-refractivity contribution in [3.05, 3.63) is 90.5 Å². The second kappa shape index (κ2) is 6.95. The zero-order chi connectivity index (χ0) is 24.8. The van der Waals surface area contributed by atoms with Crippen LogP contribution in [0, 0.1) is 6.92 Å². The Morgan fingerprint density at radius 1 is 0.917 bits per heavy atom. The Bertz CT molecular complexity index is 1890. The van der Waals surface area contributed by atoms with Crippen LogP contribution in [0.5, 0.6) is 5.75 Å². The van der Waals surface area contributed by atoms with Crippen LogP contribution in [-0.4, -0.2) is 24.5 Å². The van der Waals surface area contributed by atoms with E-state index < -0.39 is 16.9 Å². The molecule has 0 bridgehead atoms. The van der Waals surface area contributed by atoms with E-state index in [-0.39, 0.29) is 16.5 Å². The molecule has 0 saturated carbocycles. The Morgan fingerprint density at radius 2 is 1.61 bits per heavy atom. The number of anilines is 1. The second-order valence-corrected chi connectivity index (χ2v) is 11.0. The molecule has 0 N–H and O–H groups in total. The number of halogens is 1. The molecule has 0 fully saturated rings. The molecule has 4 aromatic carbocycles. The molecule has 0 radical (unpaired) electrons. The van der Waals surface area contributed by atoms with Gasteiger partial charge in [0.15, 0.2) is 5.69 Å². The molecule has 0 spiro atoms. The Morgan fingerprint density at radius 3 is 2.39 bits per heavy atom. The number of benzene rings is 4. The van der Waals surface area contributed by atoms with E-state index in [1.807, 2.05) is 61.5 Å². The molecule has 0 saturated heterocycles. The first kappa shape index (κ1) is 21.1. The number of aromatic nitrogens is 1. The van der Waals surface area contributed by atoms with Crippen LogP contribution in [-0.2, 0) is 17.1 Å². The highest BCUT2D eigenvalue weighted by atomic mass is 32.2. The average Bonchev–Trinajstić information content (AvgIpc) is 3.33. The van der Waals surface area contributed by atoms with Crippen LogP contribution >= 0.6 is 0 Å². The highest BCUT2D eigenvalue weighted by Crippen LogP contribution is 2.54. The number of aryl methyl sites for hydroxylation is 2. The normalized spacial score (nSPS) is 18.5. The van der Waals surface area contributed by atoms with E-state index in [4.69, 9.17) is 9.77 Å². The van der Waals surface area contributed by atoms with Gasteiger partial charge in [0.1, 0.15) is 11.6 Å². The summed E-state index contributed by atoms with van der Waals surface area (Å²) < 4.78 is 55.3. The molecule has 2 aliphatic rings. The van der Waals surface area contributed by atoms with E-state index in [9.17, 15) is 8.42 Å². The molecule has 36 heavy (non-hydrogen) atoms. The van der Waals surface area contributed by atoms with Crippen LogP contribution in [0.15, 0.2) is 94.9 Å². The van der Waals surface area contributed by atoms with Gasteiger partial charge in [0.25, 0.3) is 0 Å². The summed E-state index contributed by atoms with van der Waals surface area (Å²) in [7, 11) is -2.70. The topological polar surface area (TPSA) is 66.9 Å². The summed E-state index contributed by atoms with van der Waals surface area (Å²) in [5.74, 6) is 0.355. The van der Waals surface area contributed by atoms with Crippen molar-refractivity contribution in [2.24, 2.45) is 12.2 Å². The van der Waals surface area contributed by atoms with Gasteiger partial charge in [-0.25, -0.2) is 8.42 Å². The number of sulfonamides is 1. The highest BCUT2D eigenvalue weighted by Gasteiger charge is 2.67. The zero-order valence-electron chi connectivity index (χ0n) is 19.5. The third kappa shape index (κ3) is 2.59. The van der Waals surface area contributed by atoms with Crippen LogP contribution in [0.25, 0.3) is 21.7 Å². The Hall–Kier alpha value is -4.18. The number of fused-ring (bicyclic) bond motifs is 8. The monoisotopic (exact) mass is 498 g/mol. The first-order valence-corrected chi connectivity index (χ1v) is 13.0. The number of para-hydroxylation sites is 1. The molecule has 0 aliphatic carbocycles. The lowest BCUT2D eigenvalue weighted by Gasteiger charge is -2.36. The van der Waals surface area contributed by atoms with E-state index in [2.05, 4.69) is 0 Å². The average molecular weight is 498 g/mol. The maximum atomic E-state index is 17.4. The molecule has 0 amide bonds. The zero-order valence-corrected chi connectivity index (χ0v) is 20.3. The van der Waals surface area contributed by atoms with Crippen molar-refractivity contribution in [3.8, 4) is 5.75 Å². The number of nitrogens with zero attached hydrogens (tertiary/aromatic N) is 4. The van der Waals surface area contributed by atoms with Gasteiger partial charge in [-0.05, 0) is 47.8 Å². The van der Waals surface area contributed by atoms with E-state index in [1.54, 1.807) is 29.8 Å². The maximum absolute atomic E-state index is 17.4. The fourth-order valence-electron chi connectivity index (χ4n) is 5.28. The van der Waals surface area contributed by atoms with E-state index in [0.29, 0.717) is 16.8 Å². The van der Waals surface area contributed by atoms with Gasteiger partial charge >= 0.3 is 6.90 Å². The summed E-state index contributed by atoms with van der Waals surface area (Å²) in [6.45, 7) is -1.98. The van der Waals surface area contributed by atoms with Crippen LogP contribution in [0.4, 0.5) is 21.5 Å². The number of rotatable bonds is 2. The van der Waals surface area contributed by atoms with Crippen molar-refractivity contribution in [3.63, 3.8) is 0 Å². The van der Waals surface area contributed by atoms with Crippen molar-refractivity contribution >= 4 is 55.8 Å². The lowest BCUT2D eigenvalue weighted by atomic mass is 9.92. The Balaban J connectivity index is 1.60. The van der Waals surface area contributed by atoms with Crippen LogP contribution in [0.2, 0.25) is 0 Å². The quantitative estimate of drug-likeness (QED) is 0.278. The van der Waals surface area contributed by atoms with Gasteiger partial charge in [-0.3, -0.25) is 4.22 Å². The van der Waals surface area contributed by atoms with Gasteiger partial charge in [-0.1, -0.05) is 60.2 Å². The molecule has 7 nitrogen and oxygen atoms in total. The molecule has 7 rings (SSSR count). The largest absolute Gasteiger partial charge is 0.794 e. The molecule has 5 aromatic rings. The highest BCUT2D eigenvalue weighted by molar-refractivity contribution is 7.94. The summed E-state index contributed by atoms with van der Waals surface area (Å²) in [6.07, 6.45) is 0. The fourth-order valence-corrected chi connectivity index (χ4v) is 6.90. The first-order chi connectivity index (χ1) is 17.3. The first-order valence-electron chi connectivity index (χ1n) is 11.5. The minimum Gasteiger partial charge on any atom is -0.603 e. The van der Waals surface area contributed by atoms with Gasteiger partial charge in [0, 0.05) is 12.4 Å². The summed E-state index contributed by atoms with van der Waals surface area (Å²) in [6, 6.07) is 24.8. The van der Waals surface area contributed by atoms with Gasteiger partial charge < -0.3 is 13.5 Å². The molecule has 2 aliphatic heterocycles. The standard InChI is InChI=1S/C26H20BFN4O3S/c1-17-11-14-19(15-12-17)36(33,34)32-26-24(21-9-5-6-10-22(21)30(26)2)29-31-25-20-8-4-3-7-18(20)13-16-23(25)35-27(31,32)28/h3-16H,1-2H3/t27-/m1/s1.